The smallest absolute Gasteiger partial charge is 0.366 e. The molecule has 3 heterocycles. The van der Waals surface area contributed by atoms with Crippen LogP contribution in [-0.2, 0) is 29.0 Å². The molecule has 2 aromatic carbocycles. The van der Waals surface area contributed by atoms with Crippen molar-refractivity contribution in [2.45, 2.75) is 24.2 Å². The number of carbonyl (C=O) groups excluding carboxylic acids is 2. The van der Waals surface area contributed by atoms with E-state index >= 15 is 0 Å². The van der Waals surface area contributed by atoms with Gasteiger partial charge in [0.25, 0.3) is 5.91 Å². The van der Waals surface area contributed by atoms with Gasteiger partial charge in [-0.1, -0.05) is 12.1 Å². The lowest BCUT2D eigenvalue weighted by molar-refractivity contribution is -0.142. The molecule has 0 aliphatic carbocycles. The molecule has 2 aromatic heterocycles. The summed E-state index contributed by atoms with van der Waals surface area (Å²) >= 11 is 1.26. The molecule has 0 saturated heterocycles. The number of pyridine rings is 1. The number of thioether (sulfide) groups is 1. The third-order valence-corrected chi connectivity index (χ3v) is 7.26. The van der Waals surface area contributed by atoms with Crippen molar-refractivity contribution in [3.8, 4) is 11.1 Å². The number of nitrogens with two attached hydrogens (primary N) is 1. The van der Waals surface area contributed by atoms with Gasteiger partial charge in [0.05, 0.1) is 22.6 Å². The molecule has 0 radical (unpaired) electrons. The van der Waals surface area contributed by atoms with Crippen molar-refractivity contribution in [2.75, 3.05) is 0 Å². The molecule has 1 aliphatic heterocycles. The number of rotatable bonds is 7. The maximum atomic E-state index is 14.2. The van der Waals surface area contributed by atoms with E-state index in [0.717, 1.165) is 22.9 Å². The highest BCUT2D eigenvalue weighted by Gasteiger charge is 2.40. The van der Waals surface area contributed by atoms with Crippen LogP contribution in [0.1, 0.15) is 38.6 Å². The Kier molecular flexibility index (Phi) is 7.82. The number of nitrogens with zero attached hydrogens (tertiary/aromatic N) is 3. The first-order valence-electron chi connectivity index (χ1n) is 12.2. The van der Waals surface area contributed by atoms with Gasteiger partial charge in [-0.05, 0) is 47.5 Å². The Balaban J connectivity index is 1.57. The van der Waals surface area contributed by atoms with Crippen LogP contribution in [0.2, 0.25) is 0 Å². The van der Waals surface area contributed by atoms with E-state index in [9.17, 15) is 35.9 Å². The number of benzene rings is 2. The summed E-state index contributed by atoms with van der Waals surface area (Å²) in [6.45, 7) is -0.599. The Labute approximate surface area is 238 Å². The number of amides is 2. The van der Waals surface area contributed by atoms with Gasteiger partial charge in [-0.3, -0.25) is 19.3 Å². The van der Waals surface area contributed by atoms with E-state index in [1.165, 1.54) is 42.2 Å². The maximum absolute atomic E-state index is 14.2. The Hall–Kier alpha value is -4.59. The predicted molar refractivity (Wildman–Crippen MR) is 143 cm³/mol. The summed E-state index contributed by atoms with van der Waals surface area (Å²) in [5, 5.41) is 6.20. The van der Waals surface area contributed by atoms with Crippen molar-refractivity contribution in [2.24, 2.45) is 5.73 Å². The maximum Gasteiger partial charge on any atom is 0.435 e. The van der Waals surface area contributed by atoms with Crippen molar-refractivity contribution in [1.29, 1.82) is 0 Å². The standard InChI is InChI=1S/C28H19F6N5O2S/c29-16-6-14(7-17(30)10-16)8-22(25-18(2-1-5-36-25)15-3-4-21(31)19(9-15)27(35)41)37-24(40)11-39-23-13-42-12-20(23)26(38-39)28(32,33)34/h1-10H,11-13H2,(H2,35,41)(H,37,40). The summed E-state index contributed by atoms with van der Waals surface area (Å²) in [6.07, 6.45) is -2.12. The average Bonchev–Trinajstić information content (AvgIpc) is 3.51. The molecule has 3 N–H and O–H groups in total. The van der Waals surface area contributed by atoms with Gasteiger partial charge in [0, 0.05) is 34.9 Å². The number of carbonyl (C=O) groups is 2. The summed E-state index contributed by atoms with van der Waals surface area (Å²) in [6, 6.07) is 9.25. The Morgan fingerprint density at radius 3 is 2.48 bits per heavy atom. The largest absolute Gasteiger partial charge is 0.435 e. The van der Waals surface area contributed by atoms with Gasteiger partial charge in [0.1, 0.15) is 24.0 Å². The van der Waals surface area contributed by atoms with E-state index in [2.05, 4.69) is 15.4 Å². The average molecular weight is 604 g/mol. The number of fused-ring (bicyclic) bond motifs is 1. The van der Waals surface area contributed by atoms with E-state index in [1.54, 1.807) is 6.07 Å². The number of nitrogens with one attached hydrogen (secondary N) is 1. The topological polar surface area (TPSA) is 103 Å². The fourth-order valence-corrected chi connectivity index (χ4v) is 5.63. The van der Waals surface area contributed by atoms with Crippen LogP contribution in [0.5, 0.6) is 0 Å². The molecule has 216 valence electrons. The first kappa shape index (κ1) is 28.9. The summed E-state index contributed by atoms with van der Waals surface area (Å²) in [5.74, 6) is -4.16. The van der Waals surface area contributed by atoms with E-state index in [4.69, 9.17) is 5.73 Å². The first-order valence-corrected chi connectivity index (χ1v) is 13.3. The molecule has 0 spiro atoms. The molecule has 14 heteroatoms. The van der Waals surface area contributed by atoms with Crippen molar-refractivity contribution in [3.05, 3.63) is 106 Å². The van der Waals surface area contributed by atoms with Crippen molar-refractivity contribution in [3.63, 3.8) is 0 Å². The summed E-state index contributed by atoms with van der Waals surface area (Å²) in [4.78, 5) is 29.3. The molecule has 0 atom stereocenters. The molecule has 4 aromatic rings. The summed E-state index contributed by atoms with van der Waals surface area (Å²) < 4.78 is 83.7. The minimum Gasteiger partial charge on any atom is -0.366 e. The SMILES string of the molecule is NC(=O)c1cc(-c2cccnc2C(=Cc2cc(F)cc(F)c2)NC(=O)Cn2nc(C(F)(F)F)c3c2CSC3)ccc1F. The second-order valence-electron chi connectivity index (χ2n) is 9.19. The lowest BCUT2D eigenvalue weighted by Gasteiger charge is -2.15. The molecule has 0 bridgehead atoms. The third kappa shape index (κ3) is 6.03. The fraction of sp³-hybridized carbons (Fsp3) is 0.143. The van der Waals surface area contributed by atoms with Crippen LogP contribution >= 0.6 is 11.8 Å². The van der Waals surface area contributed by atoms with E-state index < -0.39 is 53.2 Å². The molecular weight excluding hydrogens is 584 g/mol. The van der Waals surface area contributed by atoms with Crippen LogP contribution in [0.25, 0.3) is 22.9 Å². The zero-order valence-corrected chi connectivity index (χ0v) is 22.1. The van der Waals surface area contributed by atoms with Crippen LogP contribution in [-0.4, -0.2) is 26.6 Å². The number of hydrogen-bond donors (Lipinski definition) is 2. The van der Waals surface area contributed by atoms with Crippen molar-refractivity contribution >= 4 is 35.3 Å². The minimum atomic E-state index is -4.70. The number of hydrogen-bond acceptors (Lipinski definition) is 5. The Morgan fingerprint density at radius 2 is 1.79 bits per heavy atom. The van der Waals surface area contributed by atoms with Crippen LogP contribution in [0.4, 0.5) is 26.3 Å². The van der Waals surface area contributed by atoms with E-state index in [0.29, 0.717) is 6.07 Å². The molecule has 0 fully saturated rings. The molecule has 0 saturated carbocycles. The monoisotopic (exact) mass is 603 g/mol. The van der Waals surface area contributed by atoms with E-state index in [1.807, 2.05) is 0 Å². The van der Waals surface area contributed by atoms with Gasteiger partial charge in [-0.2, -0.15) is 30.0 Å². The first-order chi connectivity index (χ1) is 19.9. The van der Waals surface area contributed by atoms with E-state index in [-0.39, 0.29) is 50.8 Å². The quantitative estimate of drug-likeness (QED) is 0.270. The Bertz CT molecular complexity index is 1730. The molecule has 5 rings (SSSR count). The molecular formula is C28H19F6N5O2S. The summed E-state index contributed by atoms with van der Waals surface area (Å²) in [7, 11) is 0. The van der Waals surface area contributed by atoms with Gasteiger partial charge in [-0.25, -0.2) is 13.2 Å². The third-order valence-electron chi connectivity index (χ3n) is 6.29. The van der Waals surface area contributed by atoms with Gasteiger partial charge < -0.3 is 11.1 Å². The van der Waals surface area contributed by atoms with Crippen LogP contribution in [0.15, 0.2) is 54.7 Å². The fourth-order valence-electron chi connectivity index (χ4n) is 4.50. The normalized spacial score (nSPS) is 13.2. The van der Waals surface area contributed by atoms with Crippen molar-refractivity contribution in [1.82, 2.24) is 20.1 Å². The molecule has 7 nitrogen and oxygen atoms in total. The lowest BCUT2D eigenvalue weighted by atomic mass is 9.98. The zero-order valence-electron chi connectivity index (χ0n) is 21.3. The van der Waals surface area contributed by atoms with Crippen LogP contribution < -0.4 is 11.1 Å². The van der Waals surface area contributed by atoms with Crippen LogP contribution in [0, 0.1) is 17.5 Å². The highest BCUT2D eigenvalue weighted by Crippen LogP contribution is 2.39. The van der Waals surface area contributed by atoms with Gasteiger partial charge >= 0.3 is 6.18 Å². The Morgan fingerprint density at radius 1 is 1.05 bits per heavy atom. The highest BCUT2D eigenvalue weighted by molar-refractivity contribution is 7.98. The number of halogens is 6. The second kappa shape index (κ2) is 11.4. The van der Waals surface area contributed by atoms with Gasteiger partial charge in [-0.15, -0.1) is 0 Å². The predicted octanol–water partition coefficient (Wildman–Crippen LogP) is 5.54. The number of aromatic nitrogens is 3. The zero-order chi connectivity index (χ0) is 30.2. The molecule has 2 amide bonds. The molecule has 42 heavy (non-hydrogen) atoms. The second-order valence-corrected chi connectivity index (χ2v) is 10.2. The molecule has 0 unspecified atom stereocenters. The highest BCUT2D eigenvalue weighted by atomic mass is 32.2. The summed E-state index contributed by atoms with van der Waals surface area (Å²) in [5.41, 5.74) is 4.61. The molecule has 1 aliphatic rings. The van der Waals surface area contributed by atoms with Crippen molar-refractivity contribution < 1.29 is 35.9 Å². The number of primary amides is 1. The van der Waals surface area contributed by atoms with Crippen LogP contribution in [0.3, 0.4) is 0 Å². The van der Waals surface area contributed by atoms with Gasteiger partial charge in [0.15, 0.2) is 5.69 Å². The number of alkyl halides is 3. The minimum absolute atomic E-state index is 0.00734. The lowest BCUT2D eigenvalue weighted by Crippen LogP contribution is -2.28. The van der Waals surface area contributed by atoms with Gasteiger partial charge in [0.2, 0.25) is 5.91 Å².